The van der Waals surface area contributed by atoms with Gasteiger partial charge in [-0.2, -0.15) is 0 Å². The van der Waals surface area contributed by atoms with E-state index in [1.165, 1.54) is 116 Å². The summed E-state index contributed by atoms with van der Waals surface area (Å²) in [7, 11) is 7.04. The zero-order valence-electron chi connectivity index (χ0n) is 19.1. The minimum absolute atomic E-state index is 0. The van der Waals surface area contributed by atoms with Gasteiger partial charge in [0.15, 0.2) is 0 Å². The zero-order chi connectivity index (χ0) is 18.8. The van der Waals surface area contributed by atoms with Crippen molar-refractivity contribution in [2.45, 2.75) is 135 Å². The summed E-state index contributed by atoms with van der Waals surface area (Å²) >= 11 is 0. The Bertz CT molecular complexity index is 259. The second-order valence-corrected chi connectivity index (χ2v) is 9.27. The Hall–Kier alpha value is 0.250. The molecular formula is C24H52ClN. The first kappa shape index (κ1) is 28.5. The third-order valence-electron chi connectivity index (χ3n) is 5.96. The van der Waals surface area contributed by atoms with Crippen LogP contribution in [0, 0.1) is 0 Å². The van der Waals surface area contributed by atoms with Gasteiger partial charge in [0.25, 0.3) is 0 Å². The van der Waals surface area contributed by atoms with Crippen molar-refractivity contribution in [3.8, 4) is 0 Å². The first-order chi connectivity index (χ1) is 12.0. The maximum Gasteiger partial charge on any atom is 0.0881 e. The van der Waals surface area contributed by atoms with E-state index in [0.29, 0.717) is 0 Å². The van der Waals surface area contributed by atoms with E-state index in [1.807, 2.05) is 0 Å². The van der Waals surface area contributed by atoms with Crippen LogP contribution in [-0.2, 0) is 0 Å². The summed E-state index contributed by atoms with van der Waals surface area (Å²) in [5.41, 5.74) is 0. The van der Waals surface area contributed by atoms with Gasteiger partial charge >= 0.3 is 0 Å². The van der Waals surface area contributed by atoms with Gasteiger partial charge in [0.05, 0.1) is 27.2 Å². The summed E-state index contributed by atoms with van der Waals surface area (Å²) < 4.78 is 1.13. The number of hydrogen-bond donors (Lipinski definition) is 0. The van der Waals surface area contributed by atoms with Crippen molar-refractivity contribution < 1.29 is 16.9 Å². The molecule has 0 aliphatic rings. The Morgan fingerprint density at radius 3 is 1.08 bits per heavy atom. The summed E-state index contributed by atoms with van der Waals surface area (Å²) in [4.78, 5) is 0. The van der Waals surface area contributed by atoms with E-state index in [2.05, 4.69) is 35.0 Å². The highest BCUT2D eigenvalue weighted by molar-refractivity contribution is 4.56. The molecule has 0 saturated carbocycles. The molecule has 0 fully saturated rings. The molecule has 0 aromatic heterocycles. The van der Waals surface area contributed by atoms with Crippen molar-refractivity contribution in [1.82, 2.24) is 0 Å². The molecule has 0 spiro atoms. The van der Waals surface area contributed by atoms with Crippen molar-refractivity contribution >= 4 is 0 Å². The largest absolute Gasteiger partial charge is 1.00 e. The molecule has 0 rings (SSSR count). The maximum atomic E-state index is 2.35. The molecule has 0 radical (unpaired) electrons. The quantitative estimate of drug-likeness (QED) is 0.212. The molecule has 26 heavy (non-hydrogen) atoms. The smallest absolute Gasteiger partial charge is 0.0881 e. The standard InChI is InChI=1S/C24H52N.ClH/c1-6-8-9-10-11-12-13-14-15-16-17-18-19-20-21-22-23-24(7-2)25(3,4)5;/h24H,6-23H2,1-5H3;1H/q+1;/p-1. The van der Waals surface area contributed by atoms with Crippen molar-refractivity contribution in [2.24, 2.45) is 0 Å². The van der Waals surface area contributed by atoms with Gasteiger partial charge < -0.3 is 16.9 Å². The average molecular weight is 390 g/mol. The van der Waals surface area contributed by atoms with Gasteiger partial charge in [-0.15, -0.1) is 0 Å². The lowest BCUT2D eigenvalue weighted by atomic mass is 10.0. The second kappa shape index (κ2) is 20.0. The fourth-order valence-corrected chi connectivity index (χ4v) is 4.07. The summed E-state index contributed by atoms with van der Waals surface area (Å²) in [6.07, 6.45) is 26.2. The average Bonchev–Trinajstić information content (AvgIpc) is 2.56. The third-order valence-corrected chi connectivity index (χ3v) is 5.96. The van der Waals surface area contributed by atoms with Gasteiger partial charge in [0.1, 0.15) is 0 Å². The van der Waals surface area contributed by atoms with Crippen molar-refractivity contribution in [1.29, 1.82) is 0 Å². The number of rotatable bonds is 19. The fourth-order valence-electron chi connectivity index (χ4n) is 4.07. The van der Waals surface area contributed by atoms with Crippen molar-refractivity contribution in [3.63, 3.8) is 0 Å². The van der Waals surface area contributed by atoms with Crippen LogP contribution < -0.4 is 12.4 Å². The van der Waals surface area contributed by atoms with Gasteiger partial charge in [0.2, 0.25) is 0 Å². The molecular weight excluding hydrogens is 338 g/mol. The number of nitrogens with zero attached hydrogens (tertiary/aromatic N) is 1. The van der Waals surface area contributed by atoms with Crippen LogP contribution in [0.5, 0.6) is 0 Å². The van der Waals surface area contributed by atoms with Crippen LogP contribution in [0.4, 0.5) is 0 Å². The molecule has 0 aromatic carbocycles. The van der Waals surface area contributed by atoms with E-state index in [1.54, 1.807) is 0 Å². The van der Waals surface area contributed by atoms with Crippen LogP contribution in [0.1, 0.15) is 129 Å². The molecule has 1 nitrogen and oxygen atoms in total. The van der Waals surface area contributed by atoms with Crippen LogP contribution in [0.2, 0.25) is 0 Å². The van der Waals surface area contributed by atoms with E-state index in [-0.39, 0.29) is 12.4 Å². The normalized spacial score (nSPS) is 12.8. The fraction of sp³-hybridized carbons (Fsp3) is 1.00. The SMILES string of the molecule is CCCCCCCCCCCCCCCCCCC(CC)[N+](C)(C)C.[Cl-]. The van der Waals surface area contributed by atoms with Crippen molar-refractivity contribution in [2.75, 3.05) is 21.1 Å². The predicted molar refractivity (Wildman–Crippen MR) is 116 cm³/mol. The van der Waals surface area contributed by atoms with Crippen LogP contribution in [0.25, 0.3) is 0 Å². The topological polar surface area (TPSA) is 0 Å². The second-order valence-electron chi connectivity index (χ2n) is 9.27. The number of quaternary nitrogens is 1. The van der Waals surface area contributed by atoms with E-state index < -0.39 is 0 Å². The number of unbranched alkanes of at least 4 members (excludes halogenated alkanes) is 15. The molecule has 160 valence electrons. The minimum atomic E-state index is 0. The Labute approximate surface area is 173 Å². The molecule has 0 aliphatic heterocycles. The number of halogens is 1. The van der Waals surface area contributed by atoms with Crippen LogP contribution in [-0.4, -0.2) is 31.7 Å². The van der Waals surface area contributed by atoms with E-state index in [0.717, 1.165) is 10.5 Å². The lowest BCUT2D eigenvalue weighted by Crippen LogP contribution is -3.00. The first-order valence-electron chi connectivity index (χ1n) is 11.8. The van der Waals surface area contributed by atoms with Crippen LogP contribution >= 0.6 is 0 Å². The molecule has 0 aliphatic carbocycles. The van der Waals surface area contributed by atoms with E-state index >= 15 is 0 Å². The minimum Gasteiger partial charge on any atom is -1.00 e. The lowest BCUT2D eigenvalue weighted by molar-refractivity contribution is -0.896. The van der Waals surface area contributed by atoms with Crippen LogP contribution in [0.3, 0.4) is 0 Å². The Morgan fingerprint density at radius 2 is 0.808 bits per heavy atom. The van der Waals surface area contributed by atoms with Gasteiger partial charge in [-0.05, 0) is 19.3 Å². The molecule has 2 heteroatoms. The Balaban J connectivity index is 0. The Kier molecular flexibility index (Phi) is 21.9. The van der Waals surface area contributed by atoms with Gasteiger partial charge in [-0.1, -0.05) is 110 Å². The molecule has 0 heterocycles. The maximum absolute atomic E-state index is 2.35. The van der Waals surface area contributed by atoms with E-state index in [4.69, 9.17) is 0 Å². The lowest BCUT2D eigenvalue weighted by Gasteiger charge is -2.33. The summed E-state index contributed by atoms with van der Waals surface area (Å²) in [5.74, 6) is 0. The van der Waals surface area contributed by atoms with Gasteiger partial charge in [-0.3, -0.25) is 0 Å². The van der Waals surface area contributed by atoms with Gasteiger partial charge in [0, 0.05) is 0 Å². The monoisotopic (exact) mass is 389 g/mol. The van der Waals surface area contributed by atoms with E-state index in [9.17, 15) is 0 Å². The highest BCUT2D eigenvalue weighted by Crippen LogP contribution is 2.17. The van der Waals surface area contributed by atoms with Crippen molar-refractivity contribution in [3.05, 3.63) is 0 Å². The molecule has 0 saturated heterocycles. The molecule has 0 bridgehead atoms. The molecule has 0 aromatic rings. The molecule has 1 unspecified atom stereocenters. The molecule has 0 amide bonds. The number of hydrogen-bond acceptors (Lipinski definition) is 0. The molecule has 0 N–H and O–H groups in total. The zero-order valence-corrected chi connectivity index (χ0v) is 19.9. The van der Waals surface area contributed by atoms with Gasteiger partial charge in [-0.25, -0.2) is 0 Å². The molecule has 1 atom stereocenters. The Morgan fingerprint density at radius 1 is 0.500 bits per heavy atom. The summed E-state index contributed by atoms with van der Waals surface area (Å²) in [5, 5.41) is 0. The van der Waals surface area contributed by atoms with Crippen LogP contribution in [0.15, 0.2) is 0 Å². The summed E-state index contributed by atoms with van der Waals surface area (Å²) in [6.45, 7) is 4.65. The summed E-state index contributed by atoms with van der Waals surface area (Å²) in [6, 6.07) is 0.853. The predicted octanol–water partition coefficient (Wildman–Crippen LogP) is 5.13. The highest BCUT2D eigenvalue weighted by Gasteiger charge is 2.20. The first-order valence-corrected chi connectivity index (χ1v) is 11.8. The third kappa shape index (κ3) is 19.0. The highest BCUT2D eigenvalue weighted by atomic mass is 35.5.